The van der Waals surface area contributed by atoms with Gasteiger partial charge in [-0.3, -0.25) is 0 Å². The lowest BCUT2D eigenvalue weighted by atomic mass is 9.72. The highest BCUT2D eigenvalue weighted by atomic mass is 14.5. The first kappa shape index (κ1) is 16.2. The van der Waals surface area contributed by atoms with E-state index in [9.17, 15) is 0 Å². The van der Waals surface area contributed by atoms with Crippen molar-refractivity contribution in [1.29, 1.82) is 0 Å². The third-order valence-corrected chi connectivity index (χ3v) is 6.94. The molecule has 0 spiro atoms. The Bertz CT molecular complexity index is 727. The lowest BCUT2D eigenvalue weighted by molar-refractivity contribution is 0.487. The Hall–Kier alpha value is -1.30. The van der Waals surface area contributed by atoms with E-state index < -0.39 is 0 Å². The summed E-state index contributed by atoms with van der Waals surface area (Å²) >= 11 is 0. The highest BCUT2D eigenvalue weighted by Crippen LogP contribution is 2.63. The molecule has 0 amide bonds. The standard InChI is InChI=1S/C24H32/c1-13(2)19-11-15-9-18-17(21(15)23(19,5)6)10-16-12-20(14(3)4)24(7,8)22(16)18/h11-14H,9-10H2,1-8H3. The van der Waals surface area contributed by atoms with E-state index in [0.29, 0.717) is 11.8 Å². The van der Waals surface area contributed by atoms with Crippen molar-refractivity contribution < 1.29 is 0 Å². The minimum absolute atomic E-state index is 0.217. The molecule has 24 heavy (non-hydrogen) atoms. The lowest BCUT2D eigenvalue weighted by Gasteiger charge is -2.32. The summed E-state index contributed by atoms with van der Waals surface area (Å²) in [6.45, 7) is 19.2. The molecule has 0 radical (unpaired) electrons. The molecule has 0 aromatic rings. The molecule has 0 heteroatoms. The van der Waals surface area contributed by atoms with Crippen molar-refractivity contribution in [3.8, 4) is 0 Å². The highest BCUT2D eigenvalue weighted by Gasteiger charge is 2.48. The number of rotatable bonds is 2. The molecule has 4 rings (SSSR count). The summed E-state index contributed by atoms with van der Waals surface area (Å²) in [5.74, 6) is 1.28. The predicted octanol–water partition coefficient (Wildman–Crippen LogP) is 6.93. The number of hydrogen-bond acceptors (Lipinski definition) is 0. The highest BCUT2D eigenvalue weighted by molar-refractivity contribution is 5.74. The van der Waals surface area contributed by atoms with Crippen LogP contribution in [0.5, 0.6) is 0 Å². The molecule has 128 valence electrons. The Labute approximate surface area is 148 Å². The molecule has 0 aromatic carbocycles. The van der Waals surface area contributed by atoms with E-state index in [-0.39, 0.29) is 10.8 Å². The largest absolute Gasteiger partial charge is 0.0590 e. The van der Waals surface area contributed by atoms with Gasteiger partial charge in [-0.05, 0) is 58.1 Å². The van der Waals surface area contributed by atoms with Crippen LogP contribution in [0.1, 0.15) is 68.2 Å². The lowest BCUT2D eigenvalue weighted by Crippen LogP contribution is -2.20. The minimum Gasteiger partial charge on any atom is -0.0590 e. The monoisotopic (exact) mass is 320 g/mol. The molecule has 0 atom stereocenters. The second-order valence-corrected chi connectivity index (χ2v) is 9.87. The second kappa shape index (κ2) is 4.65. The van der Waals surface area contributed by atoms with Crippen LogP contribution >= 0.6 is 0 Å². The van der Waals surface area contributed by atoms with Gasteiger partial charge in [-0.1, -0.05) is 78.7 Å². The number of allylic oxidation sites excluding steroid dienone is 10. The van der Waals surface area contributed by atoms with Crippen LogP contribution in [0.4, 0.5) is 0 Å². The molecule has 0 unspecified atom stereocenters. The van der Waals surface area contributed by atoms with Gasteiger partial charge in [0.05, 0.1) is 0 Å². The summed E-state index contributed by atoms with van der Waals surface area (Å²) in [6, 6.07) is 0. The SMILES string of the molecule is CC(C)C1=CC2=C(C3=C(C2)C2=C(C=C(C(C)C)C2(C)C)C3)C1(C)C. The zero-order valence-electron chi connectivity index (χ0n) is 16.7. The maximum absolute atomic E-state index is 2.54. The predicted molar refractivity (Wildman–Crippen MR) is 104 cm³/mol. The summed E-state index contributed by atoms with van der Waals surface area (Å²) in [5, 5.41) is 0. The fourth-order valence-electron chi connectivity index (χ4n) is 6.24. The maximum Gasteiger partial charge on any atom is 0.0117 e. The van der Waals surface area contributed by atoms with E-state index in [1.165, 1.54) is 12.8 Å². The van der Waals surface area contributed by atoms with Crippen LogP contribution in [0, 0.1) is 22.7 Å². The van der Waals surface area contributed by atoms with E-state index in [1.807, 2.05) is 0 Å². The van der Waals surface area contributed by atoms with Crippen molar-refractivity contribution in [3.63, 3.8) is 0 Å². The molecule has 0 heterocycles. The van der Waals surface area contributed by atoms with Crippen molar-refractivity contribution in [2.45, 2.75) is 68.2 Å². The average Bonchev–Trinajstić information content (AvgIpc) is 3.07. The van der Waals surface area contributed by atoms with Crippen LogP contribution in [0.3, 0.4) is 0 Å². The molecule has 0 saturated heterocycles. The van der Waals surface area contributed by atoms with Crippen LogP contribution in [0.15, 0.2) is 56.7 Å². The van der Waals surface area contributed by atoms with Gasteiger partial charge in [-0.2, -0.15) is 0 Å². The fourth-order valence-corrected chi connectivity index (χ4v) is 6.24. The van der Waals surface area contributed by atoms with Gasteiger partial charge in [0.1, 0.15) is 0 Å². The van der Waals surface area contributed by atoms with Gasteiger partial charge in [0.15, 0.2) is 0 Å². The molecule has 0 nitrogen and oxygen atoms in total. The Balaban J connectivity index is 1.73. The van der Waals surface area contributed by atoms with E-state index in [1.54, 1.807) is 44.6 Å². The van der Waals surface area contributed by atoms with Crippen LogP contribution in [0.2, 0.25) is 0 Å². The molecule has 0 fully saturated rings. The van der Waals surface area contributed by atoms with Crippen LogP contribution in [0.25, 0.3) is 0 Å². The van der Waals surface area contributed by atoms with E-state index >= 15 is 0 Å². The second-order valence-electron chi connectivity index (χ2n) is 9.87. The Kier molecular flexibility index (Phi) is 3.14. The van der Waals surface area contributed by atoms with Gasteiger partial charge in [-0.15, -0.1) is 0 Å². The molecule has 0 aromatic heterocycles. The van der Waals surface area contributed by atoms with Gasteiger partial charge in [0.2, 0.25) is 0 Å². The van der Waals surface area contributed by atoms with Crippen molar-refractivity contribution in [1.82, 2.24) is 0 Å². The Morgan fingerprint density at radius 2 is 1.00 bits per heavy atom. The third-order valence-electron chi connectivity index (χ3n) is 6.94. The number of hydrogen-bond donors (Lipinski definition) is 0. The summed E-state index contributed by atoms with van der Waals surface area (Å²) in [7, 11) is 0. The van der Waals surface area contributed by atoms with E-state index in [0.717, 1.165) is 0 Å². The summed E-state index contributed by atoms with van der Waals surface area (Å²) in [4.78, 5) is 0. The van der Waals surface area contributed by atoms with Crippen molar-refractivity contribution in [2.75, 3.05) is 0 Å². The average molecular weight is 321 g/mol. The van der Waals surface area contributed by atoms with Crippen LogP contribution < -0.4 is 0 Å². The molecule has 4 aliphatic carbocycles. The molecule has 0 aliphatic heterocycles. The van der Waals surface area contributed by atoms with Crippen LogP contribution in [-0.2, 0) is 0 Å². The molecular weight excluding hydrogens is 288 g/mol. The fraction of sp³-hybridized carbons (Fsp3) is 0.583. The normalized spacial score (nSPS) is 26.6. The molecule has 0 N–H and O–H groups in total. The van der Waals surface area contributed by atoms with Crippen molar-refractivity contribution in [3.05, 3.63) is 56.7 Å². The summed E-state index contributed by atoms with van der Waals surface area (Å²) in [5.41, 5.74) is 13.6. The molecular formula is C24H32. The van der Waals surface area contributed by atoms with Gasteiger partial charge in [0, 0.05) is 10.8 Å². The minimum atomic E-state index is 0.217. The van der Waals surface area contributed by atoms with Crippen molar-refractivity contribution >= 4 is 0 Å². The summed E-state index contributed by atoms with van der Waals surface area (Å²) in [6.07, 6.45) is 7.42. The first-order valence-corrected chi connectivity index (χ1v) is 9.71. The van der Waals surface area contributed by atoms with Gasteiger partial charge < -0.3 is 0 Å². The molecule has 0 bridgehead atoms. The first-order valence-electron chi connectivity index (χ1n) is 9.71. The zero-order valence-corrected chi connectivity index (χ0v) is 16.7. The van der Waals surface area contributed by atoms with E-state index in [2.05, 4.69) is 67.5 Å². The van der Waals surface area contributed by atoms with Crippen molar-refractivity contribution in [2.24, 2.45) is 22.7 Å². The van der Waals surface area contributed by atoms with E-state index in [4.69, 9.17) is 0 Å². The Morgan fingerprint density at radius 1 is 0.667 bits per heavy atom. The van der Waals surface area contributed by atoms with Gasteiger partial charge in [0.25, 0.3) is 0 Å². The summed E-state index contributed by atoms with van der Waals surface area (Å²) < 4.78 is 0. The third kappa shape index (κ3) is 1.81. The number of fused-ring (bicyclic) bond motifs is 2. The smallest absolute Gasteiger partial charge is 0.0117 e. The zero-order chi connectivity index (χ0) is 17.6. The quantitative estimate of drug-likeness (QED) is 0.517. The van der Waals surface area contributed by atoms with Gasteiger partial charge in [-0.25, -0.2) is 0 Å². The Morgan fingerprint density at radius 3 is 1.29 bits per heavy atom. The molecule has 4 aliphatic rings. The maximum atomic E-state index is 2.54. The first-order chi connectivity index (χ1) is 11.1. The topological polar surface area (TPSA) is 0 Å². The van der Waals surface area contributed by atoms with Gasteiger partial charge >= 0.3 is 0 Å². The van der Waals surface area contributed by atoms with Crippen LogP contribution in [-0.4, -0.2) is 0 Å². The molecule has 0 saturated carbocycles.